The molecule has 1 aromatic carbocycles. The predicted octanol–water partition coefficient (Wildman–Crippen LogP) is 1.46. The van der Waals surface area contributed by atoms with Crippen LogP contribution in [0.1, 0.15) is 11.6 Å². The van der Waals surface area contributed by atoms with E-state index in [9.17, 15) is 0 Å². The van der Waals surface area contributed by atoms with E-state index in [4.69, 9.17) is 20.3 Å². The van der Waals surface area contributed by atoms with E-state index < -0.39 is 6.04 Å². The molecule has 1 rings (SSSR count). The number of nitrogens with two attached hydrogens (primary N) is 1. The molecule has 15 heavy (non-hydrogen) atoms. The zero-order valence-electron chi connectivity index (χ0n) is 8.66. The van der Waals surface area contributed by atoms with Gasteiger partial charge in [0.2, 0.25) is 0 Å². The lowest BCUT2D eigenvalue weighted by molar-refractivity contribution is 0.267. The second-order valence-electron chi connectivity index (χ2n) is 3.03. The van der Waals surface area contributed by atoms with Crippen LogP contribution >= 0.6 is 15.9 Å². The standard InChI is InChI=1S/C10H14BrNO3/c1-14-8-3-6(7(12)5-13)4-9(15-2)10(8)11/h3-4,7,13H,5,12H2,1-2H3/t7-/m1/s1. The zero-order valence-corrected chi connectivity index (χ0v) is 10.2. The van der Waals surface area contributed by atoms with Gasteiger partial charge in [0.05, 0.1) is 26.9 Å². The van der Waals surface area contributed by atoms with E-state index in [0.717, 1.165) is 10.0 Å². The lowest BCUT2D eigenvalue weighted by Gasteiger charge is -2.14. The molecule has 0 unspecified atom stereocenters. The summed E-state index contributed by atoms with van der Waals surface area (Å²) in [5.41, 5.74) is 6.49. The molecule has 5 heteroatoms. The van der Waals surface area contributed by atoms with Crippen molar-refractivity contribution in [2.45, 2.75) is 6.04 Å². The van der Waals surface area contributed by atoms with Gasteiger partial charge in [0, 0.05) is 0 Å². The van der Waals surface area contributed by atoms with Gasteiger partial charge in [-0.1, -0.05) is 0 Å². The number of aliphatic hydroxyl groups excluding tert-OH is 1. The topological polar surface area (TPSA) is 64.7 Å². The summed E-state index contributed by atoms with van der Waals surface area (Å²) in [6.07, 6.45) is 0. The van der Waals surface area contributed by atoms with Gasteiger partial charge in [-0.15, -0.1) is 0 Å². The van der Waals surface area contributed by atoms with Crippen molar-refractivity contribution >= 4 is 15.9 Å². The van der Waals surface area contributed by atoms with Crippen LogP contribution in [0.25, 0.3) is 0 Å². The van der Waals surface area contributed by atoms with Crippen molar-refractivity contribution in [1.29, 1.82) is 0 Å². The minimum absolute atomic E-state index is 0.117. The largest absolute Gasteiger partial charge is 0.495 e. The highest BCUT2D eigenvalue weighted by atomic mass is 79.9. The predicted molar refractivity (Wildman–Crippen MR) is 61.3 cm³/mol. The summed E-state index contributed by atoms with van der Waals surface area (Å²) in [6.45, 7) is -0.117. The van der Waals surface area contributed by atoms with Gasteiger partial charge in [-0.05, 0) is 33.6 Å². The van der Waals surface area contributed by atoms with Crippen molar-refractivity contribution < 1.29 is 14.6 Å². The molecule has 0 spiro atoms. The summed E-state index contributed by atoms with van der Waals surface area (Å²) in [4.78, 5) is 0. The number of halogens is 1. The average Bonchev–Trinajstić information content (AvgIpc) is 2.28. The third-order valence-corrected chi connectivity index (χ3v) is 2.87. The molecular weight excluding hydrogens is 262 g/mol. The Kier molecular flexibility index (Phi) is 4.38. The first-order valence-corrected chi connectivity index (χ1v) is 5.21. The zero-order chi connectivity index (χ0) is 11.4. The normalized spacial score (nSPS) is 12.3. The Labute approximate surface area is 97.1 Å². The number of aliphatic hydroxyl groups is 1. The average molecular weight is 276 g/mol. The van der Waals surface area contributed by atoms with E-state index in [0.29, 0.717) is 11.5 Å². The van der Waals surface area contributed by atoms with Crippen LogP contribution in [0.4, 0.5) is 0 Å². The number of ether oxygens (including phenoxy) is 2. The van der Waals surface area contributed by atoms with Crippen LogP contribution in [0, 0.1) is 0 Å². The quantitative estimate of drug-likeness (QED) is 0.873. The summed E-state index contributed by atoms with van der Waals surface area (Å²) >= 11 is 3.35. The lowest BCUT2D eigenvalue weighted by atomic mass is 10.1. The lowest BCUT2D eigenvalue weighted by Crippen LogP contribution is -2.14. The Balaban J connectivity index is 3.20. The molecule has 4 nitrogen and oxygen atoms in total. The maximum atomic E-state index is 8.97. The molecule has 0 heterocycles. The number of rotatable bonds is 4. The molecule has 3 N–H and O–H groups in total. The molecule has 0 fully saturated rings. The van der Waals surface area contributed by atoms with Gasteiger partial charge in [0.15, 0.2) is 0 Å². The van der Waals surface area contributed by atoms with E-state index in [2.05, 4.69) is 15.9 Å². The van der Waals surface area contributed by atoms with E-state index in [1.165, 1.54) is 0 Å². The van der Waals surface area contributed by atoms with Crippen molar-refractivity contribution in [3.63, 3.8) is 0 Å². The molecule has 0 aliphatic heterocycles. The van der Waals surface area contributed by atoms with Gasteiger partial charge in [-0.2, -0.15) is 0 Å². The second-order valence-corrected chi connectivity index (χ2v) is 3.82. The summed E-state index contributed by atoms with van der Waals surface area (Å²) < 4.78 is 11.1. The minimum atomic E-state index is -0.430. The Hall–Kier alpha value is -0.780. The van der Waals surface area contributed by atoms with Crippen LogP contribution in [-0.4, -0.2) is 25.9 Å². The molecule has 0 saturated heterocycles. The first-order valence-electron chi connectivity index (χ1n) is 4.41. The fourth-order valence-corrected chi connectivity index (χ4v) is 1.76. The first-order chi connectivity index (χ1) is 7.13. The van der Waals surface area contributed by atoms with E-state index in [-0.39, 0.29) is 6.61 Å². The number of hydrogen-bond donors (Lipinski definition) is 2. The van der Waals surface area contributed by atoms with Crippen LogP contribution < -0.4 is 15.2 Å². The highest BCUT2D eigenvalue weighted by molar-refractivity contribution is 9.10. The van der Waals surface area contributed by atoms with E-state index in [1.54, 1.807) is 26.4 Å². The van der Waals surface area contributed by atoms with E-state index >= 15 is 0 Å². The van der Waals surface area contributed by atoms with Gasteiger partial charge in [0.25, 0.3) is 0 Å². The SMILES string of the molecule is COc1cc([C@H](N)CO)cc(OC)c1Br. The summed E-state index contributed by atoms with van der Waals surface area (Å²) in [5, 5.41) is 8.97. The molecular formula is C10H14BrNO3. The smallest absolute Gasteiger partial charge is 0.137 e. The highest BCUT2D eigenvalue weighted by Gasteiger charge is 2.13. The van der Waals surface area contributed by atoms with Crippen LogP contribution in [-0.2, 0) is 0 Å². The molecule has 0 aliphatic rings. The molecule has 0 aromatic heterocycles. The highest BCUT2D eigenvalue weighted by Crippen LogP contribution is 2.36. The van der Waals surface area contributed by atoms with Gasteiger partial charge < -0.3 is 20.3 Å². The number of benzene rings is 1. The monoisotopic (exact) mass is 275 g/mol. The molecule has 1 aromatic rings. The number of methoxy groups -OCH3 is 2. The molecule has 0 saturated carbocycles. The Morgan fingerprint density at radius 1 is 1.33 bits per heavy atom. The van der Waals surface area contributed by atoms with Gasteiger partial charge in [-0.3, -0.25) is 0 Å². The Morgan fingerprint density at radius 2 is 1.80 bits per heavy atom. The Bertz CT molecular complexity index is 318. The third kappa shape index (κ3) is 2.62. The molecule has 1 atom stereocenters. The van der Waals surface area contributed by atoms with Crippen molar-refractivity contribution in [2.75, 3.05) is 20.8 Å². The minimum Gasteiger partial charge on any atom is -0.495 e. The van der Waals surface area contributed by atoms with Crippen molar-refractivity contribution in [3.8, 4) is 11.5 Å². The van der Waals surface area contributed by atoms with Crippen LogP contribution in [0.15, 0.2) is 16.6 Å². The molecule has 84 valence electrons. The molecule has 0 bridgehead atoms. The second kappa shape index (κ2) is 5.34. The van der Waals surface area contributed by atoms with Gasteiger partial charge >= 0.3 is 0 Å². The van der Waals surface area contributed by atoms with Gasteiger partial charge in [0.1, 0.15) is 16.0 Å². The third-order valence-electron chi connectivity index (χ3n) is 2.09. The molecule has 0 aliphatic carbocycles. The van der Waals surface area contributed by atoms with Crippen molar-refractivity contribution in [3.05, 3.63) is 22.2 Å². The fourth-order valence-electron chi connectivity index (χ4n) is 1.21. The molecule has 0 radical (unpaired) electrons. The summed E-state index contributed by atoms with van der Waals surface area (Å²) in [6, 6.07) is 3.11. The summed E-state index contributed by atoms with van der Waals surface area (Å²) in [7, 11) is 3.13. The molecule has 0 amide bonds. The first kappa shape index (κ1) is 12.3. The maximum absolute atomic E-state index is 8.97. The number of hydrogen-bond acceptors (Lipinski definition) is 4. The summed E-state index contributed by atoms with van der Waals surface area (Å²) in [5.74, 6) is 1.27. The van der Waals surface area contributed by atoms with Gasteiger partial charge in [-0.25, -0.2) is 0 Å². The fraction of sp³-hybridized carbons (Fsp3) is 0.400. The van der Waals surface area contributed by atoms with Crippen LogP contribution in [0.5, 0.6) is 11.5 Å². The maximum Gasteiger partial charge on any atom is 0.137 e. The van der Waals surface area contributed by atoms with Crippen molar-refractivity contribution in [1.82, 2.24) is 0 Å². The van der Waals surface area contributed by atoms with Crippen LogP contribution in [0.2, 0.25) is 0 Å². The van der Waals surface area contributed by atoms with Crippen LogP contribution in [0.3, 0.4) is 0 Å². The van der Waals surface area contributed by atoms with Crippen molar-refractivity contribution in [2.24, 2.45) is 5.73 Å². The Morgan fingerprint density at radius 3 is 2.13 bits per heavy atom. The van der Waals surface area contributed by atoms with E-state index in [1.807, 2.05) is 0 Å².